The molecule has 0 aliphatic rings. The molecule has 7 heteroatoms. The normalized spacial score (nSPS) is 12.0. The molecule has 0 atom stereocenters. The van der Waals surface area contributed by atoms with Crippen LogP contribution in [0.1, 0.15) is 53.1 Å². The number of nitrogen functional groups attached to an aromatic ring is 2. The van der Waals surface area contributed by atoms with Gasteiger partial charge in [-0.25, -0.2) is 0 Å². The molecule has 0 spiro atoms. The van der Waals surface area contributed by atoms with Crippen molar-refractivity contribution in [3.8, 4) is 0 Å². The summed E-state index contributed by atoms with van der Waals surface area (Å²) in [6, 6.07) is 1.75. The lowest BCUT2D eigenvalue weighted by Gasteiger charge is -2.13. The molecule has 4 N–H and O–H groups in total. The van der Waals surface area contributed by atoms with Crippen molar-refractivity contribution >= 4 is 27.6 Å². The summed E-state index contributed by atoms with van der Waals surface area (Å²) < 4.78 is 10.8. The van der Waals surface area contributed by atoms with Gasteiger partial charge in [-0.05, 0) is 15.9 Å². The van der Waals surface area contributed by atoms with Crippen LogP contribution in [0.4, 0.5) is 11.6 Å². The first-order valence-corrected chi connectivity index (χ1v) is 7.36. The number of rotatable bonds is 0. The maximum absolute atomic E-state index is 5.49. The van der Waals surface area contributed by atoms with Crippen molar-refractivity contribution in [3.63, 3.8) is 0 Å². The number of nitrogens with zero attached hydrogens (tertiary/aromatic N) is 2. The van der Waals surface area contributed by atoms with Crippen molar-refractivity contribution in [2.45, 2.75) is 52.4 Å². The Kier molecular flexibility index (Phi) is 5.09. The first-order valence-electron chi connectivity index (χ1n) is 6.56. The summed E-state index contributed by atoms with van der Waals surface area (Å²) >= 11 is 3.30. The van der Waals surface area contributed by atoms with Crippen LogP contribution in [-0.4, -0.2) is 10.3 Å². The largest absolute Gasteiger partial charge is 0.381 e. The van der Waals surface area contributed by atoms with E-state index in [4.69, 9.17) is 20.5 Å². The summed E-state index contributed by atoms with van der Waals surface area (Å²) in [4.78, 5) is 0. The van der Waals surface area contributed by atoms with E-state index < -0.39 is 0 Å². The van der Waals surface area contributed by atoms with E-state index in [1.165, 1.54) is 0 Å². The number of halogens is 1. The minimum atomic E-state index is -0.0521. The standard InChI is InChI=1S/C7H11BrN2O.C7H12N2O/c1-7(2,3)5-4(8)6(9)10-11-5;1-7(2,3)5-4-6(8)9-10-5/h1-3H3,(H2,9,10);4H,1-3H3,(H2,8,9). The molecule has 0 unspecified atom stereocenters. The van der Waals surface area contributed by atoms with Crippen LogP contribution in [0.2, 0.25) is 0 Å². The number of nitrogens with two attached hydrogens (primary N) is 2. The number of anilines is 2. The van der Waals surface area contributed by atoms with Gasteiger partial charge in [0, 0.05) is 16.9 Å². The number of aromatic nitrogens is 2. The summed E-state index contributed by atoms with van der Waals surface area (Å²) in [6.07, 6.45) is 0. The maximum atomic E-state index is 5.49. The third-order valence-electron chi connectivity index (χ3n) is 2.61. The first-order chi connectivity index (χ1) is 9.43. The van der Waals surface area contributed by atoms with Crippen LogP contribution in [-0.2, 0) is 10.8 Å². The lowest BCUT2D eigenvalue weighted by Crippen LogP contribution is -2.10. The van der Waals surface area contributed by atoms with Gasteiger partial charge in [0.15, 0.2) is 17.4 Å². The molecular weight excluding hydrogens is 336 g/mol. The SMILES string of the molecule is CC(C)(C)c1cc(N)no1.CC(C)(C)c1onc(N)c1Br. The summed E-state index contributed by atoms with van der Waals surface area (Å²) in [5.41, 5.74) is 10.8. The van der Waals surface area contributed by atoms with Gasteiger partial charge in [0.05, 0.1) is 0 Å². The summed E-state index contributed by atoms with van der Waals surface area (Å²) in [5, 5.41) is 7.22. The fourth-order valence-corrected chi connectivity index (χ4v) is 2.14. The average molecular weight is 359 g/mol. The van der Waals surface area contributed by atoms with Gasteiger partial charge < -0.3 is 20.5 Å². The molecule has 0 amide bonds. The van der Waals surface area contributed by atoms with E-state index in [0.717, 1.165) is 16.0 Å². The molecule has 0 aliphatic carbocycles. The first kappa shape index (κ1) is 17.6. The molecule has 2 heterocycles. The lowest BCUT2D eigenvalue weighted by molar-refractivity contribution is 0.329. The zero-order valence-corrected chi connectivity index (χ0v) is 14.9. The highest BCUT2D eigenvalue weighted by Crippen LogP contribution is 2.32. The van der Waals surface area contributed by atoms with Crippen molar-refractivity contribution in [1.29, 1.82) is 0 Å². The van der Waals surface area contributed by atoms with Crippen LogP contribution in [0, 0.1) is 0 Å². The number of hydrogen-bond donors (Lipinski definition) is 2. The molecule has 2 aromatic heterocycles. The maximum Gasteiger partial charge on any atom is 0.181 e. The molecule has 6 nitrogen and oxygen atoms in total. The fourth-order valence-electron chi connectivity index (χ4n) is 1.40. The van der Waals surface area contributed by atoms with E-state index in [1.807, 2.05) is 41.5 Å². The molecule has 118 valence electrons. The second-order valence-electron chi connectivity index (χ2n) is 6.83. The van der Waals surface area contributed by atoms with Gasteiger partial charge >= 0.3 is 0 Å². The van der Waals surface area contributed by atoms with Crippen LogP contribution >= 0.6 is 15.9 Å². The highest BCUT2D eigenvalue weighted by Gasteiger charge is 2.24. The molecule has 0 saturated heterocycles. The van der Waals surface area contributed by atoms with E-state index in [0.29, 0.717) is 11.6 Å². The second kappa shape index (κ2) is 6.09. The summed E-state index contributed by atoms with van der Waals surface area (Å²) in [5.74, 6) is 2.47. The van der Waals surface area contributed by atoms with E-state index in [-0.39, 0.29) is 10.8 Å². The molecule has 2 aromatic rings. The Morgan fingerprint density at radius 2 is 1.52 bits per heavy atom. The summed E-state index contributed by atoms with van der Waals surface area (Å²) in [7, 11) is 0. The predicted molar refractivity (Wildman–Crippen MR) is 86.9 cm³/mol. The van der Waals surface area contributed by atoms with Crippen molar-refractivity contribution in [2.75, 3.05) is 11.5 Å². The van der Waals surface area contributed by atoms with Crippen molar-refractivity contribution in [2.24, 2.45) is 0 Å². The van der Waals surface area contributed by atoms with Crippen molar-refractivity contribution < 1.29 is 9.05 Å². The Hall–Kier alpha value is -1.50. The summed E-state index contributed by atoms with van der Waals surface area (Å²) in [6.45, 7) is 12.3. The van der Waals surface area contributed by atoms with Crippen LogP contribution in [0.3, 0.4) is 0 Å². The van der Waals surface area contributed by atoms with Gasteiger partial charge in [-0.3, -0.25) is 0 Å². The van der Waals surface area contributed by atoms with E-state index in [9.17, 15) is 0 Å². The third kappa shape index (κ3) is 4.77. The topological polar surface area (TPSA) is 104 Å². The van der Waals surface area contributed by atoms with E-state index in [2.05, 4.69) is 26.2 Å². The van der Waals surface area contributed by atoms with E-state index in [1.54, 1.807) is 6.07 Å². The predicted octanol–water partition coefficient (Wildman–Crippen LogP) is 3.87. The quantitative estimate of drug-likeness (QED) is 0.740. The molecule has 0 saturated carbocycles. The molecule has 0 bridgehead atoms. The highest BCUT2D eigenvalue weighted by molar-refractivity contribution is 9.10. The lowest BCUT2D eigenvalue weighted by atomic mass is 9.93. The zero-order chi connectivity index (χ0) is 16.4. The third-order valence-corrected chi connectivity index (χ3v) is 3.37. The average Bonchev–Trinajstić information content (AvgIpc) is 2.86. The number of hydrogen-bond acceptors (Lipinski definition) is 6. The van der Waals surface area contributed by atoms with Gasteiger partial charge in [-0.1, -0.05) is 51.9 Å². The minimum Gasteiger partial charge on any atom is -0.381 e. The molecule has 2 rings (SSSR count). The Labute approximate surface area is 133 Å². The van der Waals surface area contributed by atoms with Gasteiger partial charge in [0.2, 0.25) is 0 Å². The van der Waals surface area contributed by atoms with Crippen LogP contribution in [0.5, 0.6) is 0 Å². The minimum absolute atomic E-state index is 0.00458. The van der Waals surface area contributed by atoms with Gasteiger partial charge in [-0.15, -0.1) is 0 Å². The highest BCUT2D eigenvalue weighted by atomic mass is 79.9. The molecule has 0 radical (unpaired) electrons. The molecule has 21 heavy (non-hydrogen) atoms. The van der Waals surface area contributed by atoms with Crippen molar-refractivity contribution in [3.05, 3.63) is 22.1 Å². The Bertz CT molecular complexity index is 591. The van der Waals surface area contributed by atoms with Gasteiger partial charge in [0.1, 0.15) is 10.2 Å². The van der Waals surface area contributed by atoms with Crippen LogP contribution in [0.15, 0.2) is 19.6 Å². The second-order valence-corrected chi connectivity index (χ2v) is 7.62. The molecule has 0 aliphatic heterocycles. The molecular formula is C14H23BrN4O2. The Balaban J connectivity index is 0.000000211. The van der Waals surface area contributed by atoms with E-state index >= 15 is 0 Å². The monoisotopic (exact) mass is 358 g/mol. The van der Waals surface area contributed by atoms with Crippen LogP contribution < -0.4 is 11.5 Å². The Morgan fingerprint density at radius 3 is 1.71 bits per heavy atom. The van der Waals surface area contributed by atoms with Crippen molar-refractivity contribution in [1.82, 2.24) is 10.3 Å². The van der Waals surface area contributed by atoms with Gasteiger partial charge in [0.25, 0.3) is 0 Å². The molecule has 0 aromatic carbocycles. The smallest absolute Gasteiger partial charge is 0.181 e. The molecule has 0 fully saturated rings. The fraction of sp³-hybridized carbons (Fsp3) is 0.571. The Morgan fingerprint density at radius 1 is 0.952 bits per heavy atom. The van der Waals surface area contributed by atoms with Crippen LogP contribution in [0.25, 0.3) is 0 Å². The van der Waals surface area contributed by atoms with Gasteiger partial charge in [-0.2, -0.15) is 0 Å². The zero-order valence-electron chi connectivity index (χ0n) is 13.3.